The van der Waals surface area contributed by atoms with Crippen LogP contribution in [0.3, 0.4) is 0 Å². The molecular formula is C23H29N3O3S2. The normalized spacial score (nSPS) is 18.4. The fourth-order valence-corrected chi connectivity index (χ4v) is 6.49. The molecule has 0 saturated carbocycles. The molecule has 2 aliphatic heterocycles. The Hall–Kier alpha value is -1.87. The van der Waals surface area contributed by atoms with E-state index in [0.29, 0.717) is 12.2 Å². The van der Waals surface area contributed by atoms with Gasteiger partial charge < -0.3 is 4.90 Å². The second-order valence-electron chi connectivity index (χ2n) is 8.16. The molecule has 31 heavy (non-hydrogen) atoms. The van der Waals surface area contributed by atoms with E-state index in [1.807, 2.05) is 24.3 Å². The van der Waals surface area contributed by atoms with Crippen LogP contribution in [0.4, 0.5) is 5.69 Å². The van der Waals surface area contributed by atoms with Crippen molar-refractivity contribution in [3.63, 3.8) is 0 Å². The number of anilines is 1. The minimum absolute atomic E-state index is 0.0583. The summed E-state index contributed by atoms with van der Waals surface area (Å²) in [5.74, 6) is 0.861. The second kappa shape index (κ2) is 9.73. The zero-order chi connectivity index (χ0) is 21.8. The average molecular weight is 460 g/mol. The van der Waals surface area contributed by atoms with Gasteiger partial charge in [-0.05, 0) is 48.8 Å². The molecule has 2 aromatic carbocycles. The van der Waals surface area contributed by atoms with E-state index in [0.717, 1.165) is 49.5 Å². The Bertz CT molecular complexity index is 1020. The fourth-order valence-electron chi connectivity index (χ4n) is 4.19. The molecule has 1 amide bonds. The molecule has 1 saturated heterocycles. The van der Waals surface area contributed by atoms with Crippen molar-refractivity contribution in [2.75, 3.05) is 30.3 Å². The van der Waals surface area contributed by atoms with Gasteiger partial charge in [0.25, 0.3) is 0 Å². The molecule has 0 atom stereocenters. The van der Waals surface area contributed by atoms with Crippen molar-refractivity contribution < 1.29 is 13.2 Å². The Labute approximate surface area is 189 Å². The Morgan fingerprint density at radius 3 is 2.55 bits per heavy atom. The SMILES string of the molecule is CC(=O)N1CCCSc2ccc(S(=O)(=O)NC3CCN(Cc4ccccc4)CC3)cc21. The molecule has 1 fully saturated rings. The predicted octanol–water partition coefficient (Wildman–Crippen LogP) is 3.48. The van der Waals surface area contributed by atoms with Gasteiger partial charge in [0.2, 0.25) is 15.9 Å². The van der Waals surface area contributed by atoms with Crippen LogP contribution in [-0.2, 0) is 21.4 Å². The standard InChI is InChI=1S/C23H29N3O3S2/c1-18(27)26-12-5-15-30-23-9-8-21(16-22(23)26)31(28,29)24-20-10-13-25(14-11-20)17-19-6-3-2-4-7-19/h2-4,6-9,16,20,24H,5,10-15,17H2,1H3. The first-order chi connectivity index (χ1) is 14.9. The Morgan fingerprint density at radius 2 is 1.84 bits per heavy atom. The first-order valence-electron chi connectivity index (χ1n) is 10.8. The summed E-state index contributed by atoms with van der Waals surface area (Å²) in [5.41, 5.74) is 1.98. The number of thioether (sulfide) groups is 1. The third kappa shape index (κ3) is 5.49. The highest BCUT2D eigenvalue weighted by Gasteiger charge is 2.27. The van der Waals surface area contributed by atoms with Crippen molar-refractivity contribution in [2.24, 2.45) is 0 Å². The molecule has 4 rings (SSSR count). The molecule has 2 aromatic rings. The molecule has 1 N–H and O–H groups in total. The summed E-state index contributed by atoms with van der Waals surface area (Å²) in [6, 6.07) is 15.4. The Kier molecular flexibility index (Phi) is 7.01. The second-order valence-corrected chi connectivity index (χ2v) is 11.0. The van der Waals surface area contributed by atoms with Crippen LogP contribution in [0.1, 0.15) is 31.7 Å². The van der Waals surface area contributed by atoms with Gasteiger partial charge in [0.05, 0.1) is 10.6 Å². The van der Waals surface area contributed by atoms with Gasteiger partial charge in [-0.15, -0.1) is 11.8 Å². The summed E-state index contributed by atoms with van der Waals surface area (Å²) < 4.78 is 29.1. The van der Waals surface area contributed by atoms with Crippen molar-refractivity contribution in [3.05, 3.63) is 54.1 Å². The number of nitrogens with zero attached hydrogens (tertiary/aromatic N) is 2. The van der Waals surface area contributed by atoms with Crippen LogP contribution < -0.4 is 9.62 Å². The van der Waals surface area contributed by atoms with Gasteiger partial charge in [0.15, 0.2) is 0 Å². The summed E-state index contributed by atoms with van der Waals surface area (Å²) in [4.78, 5) is 17.3. The number of hydrogen-bond donors (Lipinski definition) is 1. The number of nitrogens with one attached hydrogen (secondary N) is 1. The van der Waals surface area contributed by atoms with Crippen LogP contribution in [0.15, 0.2) is 58.3 Å². The smallest absolute Gasteiger partial charge is 0.240 e. The largest absolute Gasteiger partial charge is 0.311 e. The molecule has 0 aromatic heterocycles. The molecule has 166 valence electrons. The summed E-state index contributed by atoms with van der Waals surface area (Å²) in [6.45, 7) is 4.76. The lowest BCUT2D eigenvalue weighted by Gasteiger charge is -2.32. The minimum atomic E-state index is -3.65. The summed E-state index contributed by atoms with van der Waals surface area (Å²) in [6.07, 6.45) is 2.46. The zero-order valence-electron chi connectivity index (χ0n) is 17.8. The van der Waals surface area contributed by atoms with Gasteiger partial charge in [-0.1, -0.05) is 30.3 Å². The van der Waals surface area contributed by atoms with E-state index in [1.54, 1.807) is 28.8 Å². The topological polar surface area (TPSA) is 69.7 Å². The maximum atomic E-state index is 13.1. The lowest BCUT2D eigenvalue weighted by molar-refractivity contribution is -0.116. The highest BCUT2D eigenvalue weighted by Crippen LogP contribution is 2.35. The highest BCUT2D eigenvalue weighted by molar-refractivity contribution is 7.99. The van der Waals surface area contributed by atoms with Crippen LogP contribution in [0.25, 0.3) is 0 Å². The Balaban J connectivity index is 1.42. The van der Waals surface area contributed by atoms with Crippen molar-refractivity contribution in [1.29, 1.82) is 0 Å². The van der Waals surface area contributed by atoms with E-state index in [4.69, 9.17) is 0 Å². The van der Waals surface area contributed by atoms with E-state index in [1.165, 1.54) is 12.5 Å². The number of likely N-dealkylation sites (tertiary alicyclic amines) is 1. The molecule has 0 unspecified atom stereocenters. The number of carbonyl (C=O) groups is 1. The average Bonchev–Trinajstić information content (AvgIpc) is 2.98. The van der Waals surface area contributed by atoms with E-state index in [9.17, 15) is 13.2 Å². The number of sulfonamides is 1. The Morgan fingerprint density at radius 1 is 1.10 bits per heavy atom. The molecular weight excluding hydrogens is 430 g/mol. The fraction of sp³-hybridized carbons (Fsp3) is 0.435. The summed E-state index contributed by atoms with van der Waals surface area (Å²) >= 11 is 1.67. The molecule has 2 heterocycles. The van der Waals surface area contributed by atoms with Crippen molar-refractivity contribution in [3.8, 4) is 0 Å². The number of amides is 1. The zero-order valence-corrected chi connectivity index (χ0v) is 19.4. The van der Waals surface area contributed by atoms with Crippen molar-refractivity contribution in [1.82, 2.24) is 9.62 Å². The maximum Gasteiger partial charge on any atom is 0.240 e. The summed E-state index contributed by atoms with van der Waals surface area (Å²) in [5, 5.41) is 0. The van der Waals surface area contributed by atoms with Gasteiger partial charge >= 0.3 is 0 Å². The van der Waals surface area contributed by atoms with E-state index in [2.05, 4.69) is 21.8 Å². The maximum absolute atomic E-state index is 13.1. The van der Waals surface area contributed by atoms with Crippen molar-refractivity contribution in [2.45, 2.75) is 48.6 Å². The third-order valence-corrected chi connectivity index (χ3v) is 8.52. The van der Waals surface area contributed by atoms with E-state index >= 15 is 0 Å². The van der Waals surface area contributed by atoms with Gasteiger partial charge in [-0.3, -0.25) is 9.69 Å². The number of hydrogen-bond acceptors (Lipinski definition) is 5. The van der Waals surface area contributed by atoms with Gasteiger partial charge in [-0.25, -0.2) is 13.1 Å². The molecule has 0 radical (unpaired) electrons. The summed E-state index contributed by atoms with van der Waals surface area (Å²) in [7, 11) is -3.65. The first kappa shape index (κ1) is 22.3. The number of benzene rings is 2. The number of fused-ring (bicyclic) bond motifs is 1. The van der Waals surface area contributed by atoms with Crippen LogP contribution in [-0.4, -0.2) is 50.7 Å². The molecule has 2 aliphatic rings. The van der Waals surface area contributed by atoms with Crippen LogP contribution >= 0.6 is 11.8 Å². The quantitative estimate of drug-likeness (QED) is 0.741. The molecule has 0 aliphatic carbocycles. The number of piperidine rings is 1. The lowest BCUT2D eigenvalue weighted by atomic mass is 10.1. The molecule has 6 nitrogen and oxygen atoms in total. The van der Waals surface area contributed by atoms with Crippen LogP contribution in [0.2, 0.25) is 0 Å². The first-order valence-corrected chi connectivity index (χ1v) is 13.2. The van der Waals surface area contributed by atoms with Gasteiger partial charge in [0, 0.05) is 44.0 Å². The number of carbonyl (C=O) groups excluding carboxylic acids is 1. The number of rotatable bonds is 5. The van der Waals surface area contributed by atoms with Crippen molar-refractivity contribution >= 4 is 33.4 Å². The van der Waals surface area contributed by atoms with Crippen LogP contribution in [0.5, 0.6) is 0 Å². The predicted molar refractivity (Wildman–Crippen MR) is 125 cm³/mol. The third-order valence-electron chi connectivity index (χ3n) is 5.85. The van der Waals surface area contributed by atoms with Crippen LogP contribution in [0, 0.1) is 0 Å². The van der Waals surface area contributed by atoms with Gasteiger partial charge in [0.1, 0.15) is 0 Å². The highest BCUT2D eigenvalue weighted by atomic mass is 32.2. The van der Waals surface area contributed by atoms with Gasteiger partial charge in [-0.2, -0.15) is 0 Å². The molecule has 0 spiro atoms. The van der Waals surface area contributed by atoms with E-state index < -0.39 is 10.0 Å². The monoisotopic (exact) mass is 459 g/mol. The minimum Gasteiger partial charge on any atom is -0.311 e. The lowest BCUT2D eigenvalue weighted by Crippen LogP contribution is -2.44. The van der Waals surface area contributed by atoms with E-state index in [-0.39, 0.29) is 16.8 Å². The molecule has 0 bridgehead atoms. The molecule has 8 heteroatoms.